The van der Waals surface area contributed by atoms with Gasteiger partial charge in [-0.05, 0) is 97.7 Å². The van der Waals surface area contributed by atoms with E-state index in [1.807, 2.05) is 103 Å². The third kappa shape index (κ3) is 5.83. The number of anilines is 3. The molecule has 0 aromatic heterocycles. The van der Waals surface area contributed by atoms with E-state index in [-0.39, 0.29) is 16.8 Å². The van der Waals surface area contributed by atoms with E-state index in [9.17, 15) is 2.74 Å². The highest BCUT2D eigenvalue weighted by Gasteiger charge is 2.14. The molecule has 0 heterocycles. The van der Waals surface area contributed by atoms with Crippen LogP contribution >= 0.6 is 0 Å². The molecule has 1 nitrogen and oxygen atoms in total. The normalized spacial score (nSPS) is 13.7. The van der Waals surface area contributed by atoms with Crippen LogP contribution in [0.25, 0.3) is 55.3 Å². The highest BCUT2D eigenvalue weighted by atomic mass is 15.1. The van der Waals surface area contributed by atoms with Crippen molar-refractivity contribution in [3.05, 3.63) is 200 Å². The van der Waals surface area contributed by atoms with Crippen molar-refractivity contribution in [2.24, 2.45) is 0 Å². The second kappa shape index (κ2) is 12.7. The van der Waals surface area contributed by atoms with E-state index in [2.05, 4.69) is 42.5 Å². The summed E-state index contributed by atoms with van der Waals surface area (Å²) in [6.07, 6.45) is 0. The van der Waals surface area contributed by atoms with Crippen molar-refractivity contribution in [1.29, 1.82) is 0 Å². The molecule has 0 aliphatic rings. The van der Waals surface area contributed by atoms with Crippen LogP contribution < -0.4 is 4.90 Å². The van der Waals surface area contributed by atoms with Crippen molar-refractivity contribution in [2.45, 2.75) is 0 Å². The Morgan fingerprint density at radius 2 is 0.872 bits per heavy atom. The molecule has 0 saturated heterocycles. The van der Waals surface area contributed by atoms with Crippen molar-refractivity contribution in [2.75, 3.05) is 4.90 Å². The fourth-order valence-electron chi connectivity index (χ4n) is 5.90. The second-order valence-electron chi connectivity index (χ2n) is 11.1. The molecular formula is C46H33N. The fourth-order valence-corrected chi connectivity index (χ4v) is 5.90. The minimum absolute atomic E-state index is 0.0470. The van der Waals surface area contributed by atoms with Crippen LogP contribution in [0, 0.1) is 0 Å². The van der Waals surface area contributed by atoms with E-state index in [1.54, 1.807) is 4.90 Å². The molecule has 0 unspecified atom stereocenters. The van der Waals surface area contributed by atoms with Crippen LogP contribution in [0.1, 0.15) is 12.3 Å². The van der Waals surface area contributed by atoms with Gasteiger partial charge in [-0.1, -0.05) is 158 Å². The first-order valence-corrected chi connectivity index (χ1v) is 15.4. The summed E-state index contributed by atoms with van der Waals surface area (Å²) in [6, 6.07) is 43.1. The van der Waals surface area contributed by atoms with Gasteiger partial charge in [-0.3, -0.25) is 0 Å². The summed E-state index contributed by atoms with van der Waals surface area (Å²) >= 11 is 0. The lowest BCUT2D eigenvalue weighted by molar-refractivity contribution is 1.28. The molecule has 0 atom stereocenters. The zero-order valence-corrected chi connectivity index (χ0v) is 25.3. The minimum Gasteiger partial charge on any atom is -0.311 e. The van der Waals surface area contributed by atoms with E-state index in [0.717, 1.165) is 44.2 Å². The van der Waals surface area contributed by atoms with Gasteiger partial charge in [0.25, 0.3) is 0 Å². The first-order chi connectivity index (χ1) is 27.0. The molecule has 222 valence electrons. The highest BCUT2D eigenvalue weighted by molar-refractivity contribution is 5.97. The molecule has 0 saturated carbocycles. The quantitative estimate of drug-likeness (QED) is 0.174. The molecule has 8 aromatic rings. The summed E-state index contributed by atoms with van der Waals surface area (Å²) in [5.41, 5.74) is 6.45. The molecule has 0 fully saturated rings. The van der Waals surface area contributed by atoms with Gasteiger partial charge < -0.3 is 4.90 Å². The van der Waals surface area contributed by atoms with Crippen LogP contribution in [-0.2, 0) is 0 Å². The molecule has 0 amide bonds. The topological polar surface area (TPSA) is 3.24 Å². The van der Waals surface area contributed by atoms with Crippen molar-refractivity contribution in [1.82, 2.24) is 0 Å². The summed E-state index contributed by atoms with van der Waals surface area (Å²) in [7, 11) is 0. The number of hydrogen-bond donors (Lipinski definition) is 0. The maximum atomic E-state index is 9.27. The van der Waals surface area contributed by atoms with Gasteiger partial charge in [0.2, 0.25) is 0 Å². The van der Waals surface area contributed by atoms with Crippen LogP contribution in [-0.4, -0.2) is 0 Å². The summed E-state index contributed by atoms with van der Waals surface area (Å²) in [5.74, 6) is 0. The summed E-state index contributed by atoms with van der Waals surface area (Å²) in [6.45, 7) is 0. The molecular weight excluding hydrogens is 567 g/mol. The number of rotatable bonds is 7. The molecule has 0 bridgehead atoms. The van der Waals surface area contributed by atoms with Crippen LogP contribution in [0.3, 0.4) is 0 Å². The summed E-state index contributed by atoms with van der Waals surface area (Å²) in [4.78, 5) is 1.66. The van der Waals surface area contributed by atoms with Crippen molar-refractivity contribution < 1.29 is 12.3 Å². The molecule has 0 radical (unpaired) electrons. The standard InChI is InChI=1S/C46H33N/c1-3-11-34(12-4-1)36-21-27-42(28-22-36)47(43-29-23-37(24-30-43)35-13-5-2-6-14-35)44-31-25-38(26-32-44)40-17-9-18-41(33-40)46-20-10-16-39-15-7-8-19-45(39)46/h1-33H/i1D,3D,4D,11D,12D,21D,22D,27D,28D. The number of nitrogens with zero attached hydrogens (tertiary/aromatic N) is 1. The predicted octanol–water partition coefficient (Wildman–Crippen LogP) is 13.0. The van der Waals surface area contributed by atoms with Gasteiger partial charge in [-0.2, -0.15) is 0 Å². The molecule has 0 aliphatic carbocycles. The maximum absolute atomic E-state index is 9.27. The Hall–Kier alpha value is -6.18. The molecule has 8 rings (SSSR count). The van der Waals surface area contributed by atoms with Crippen molar-refractivity contribution in [3.63, 3.8) is 0 Å². The van der Waals surface area contributed by atoms with Gasteiger partial charge in [-0.15, -0.1) is 0 Å². The van der Waals surface area contributed by atoms with Crippen LogP contribution in [0.4, 0.5) is 17.1 Å². The van der Waals surface area contributed by atoms with Gasteiger partial charge >= 0.3 is 0 Å². The molecule has 0 aliphatic heterocycles. The molecule has 1 heteroatoms. The molecule has 47 heavy (non-hydrogen) atoms. The summed E-state index contributed by atoms with van der Waals surface area (Å²) < 4.78 is 78.2. The Bertz CT molecular complexity index is 2720. The predicted molar refractivity (Wildman–Crippen MR) is 200 cm³/mol. The Morgan fingerprint density at radius 1 is 0.340 bits per heavy atom. The number of benzene rings is 8. The van der Waals surface area contributed by atoms with E-state index >= 15 is 0 Å². The van der Waals surface area contributed by atoms with Gasteiger partial charge in [0, 0.05) is 17.1 Å². The number of hydrogen-bond acceptors (Lipinski definition) is 1. The van der Waals surface area contributed by atoms with Crippen LogP contribution in [0.15, 0.2) is 200 Å². The Labute approximate surface area is 289 Å². The second-order valence-corrected chi connectivity index (χ2v) is 11.1. The molecule has 0 spiro atoms. The lowest BCUT2D eigenvalue weighted by Crippen LogP contribution is -2.09. The Morgan fingerprint density at radius 3 is 1.60 bits per heavy atom. The first-order valence-electron chi connectivity index (χ1n) is 19.9. The van der Waals surface area contributed by atoms with E-state index < -0.39 is 54.4 Å². The summed E-state index contributed by atoms with van der Waals surface area (Å²) in [5, 5.41) is 2.32. The average molecular weight is 609 g/mol. The lowest BCUT2D eigenvalue weighted by atomic mass is 9.95. The smallest absolute Gasteiger partial charge is 0.0645 e. The molecule has 0 N–H and O–H groups in total. The maximum Gasteiger partial charge on any atom is 0.0645 e. The largest absolute Gasteiger partial charge is 0.311 e. The monoisotopic (exact) mass is 608 g/mol. The van der Waals surface area contributed by atoms with Gasteiger partial charge in [0.05, 0.1) is 12.3 Å². The van der Waals surface area contributed by atoms with Crippen molar-refractivity contribution in [3.8, 4) is 44.5 Å². The van der Waals surface area contributed by atoms with Crippen molar-refractivity contribution >= 4 is 27.8 Å². The van der Waals surface area contributed by atoms with E-state index in [1.165, 1.54) is 0 Å². The Kier molecular flexibility index (Phi) is 5.40. The number of fused-ring (bicyclic) bond motifs is 1. The minimum atomic E-state index is -0.621. The lowest BCUT2D eigenvalue weighted by Gasteiger charge is -2.26. The Balaban J connectivity index is 1.26. The van der Waals surface area contributed by atoms with Gasteiger partial charge in [0.15, 0.2) is 0 Å². The van der Waals surface area contributed by atoms with Crippen LogP contribution in [0.2, 0.25) is 0 Å². The third-order valence-electron chi connectivity index (χ3n) is 8.24. The highest BCUT2D eigenvalue weighted by Crippen LogP contribution is 2.38. The van der Waals surface area contributed by atoms with E-state index in [0.29, 0.717) is 11.4 Å². The van der Waals surface area contributed by atoms with E-state index in [4.69, 9.17) is 9.60 Å². The molecule has 8 aromatic carbocycles. The zero-order chi connectivity index (χ0) is 39.2. The average Bonchev–Trinajstić information content (AvgIpc) is 3.24. The SMILES string of the molecule is [2H]c1c([2H])c([2H])c(-c2c([2H])c([2H])c(N(c3ccc(-c4ccccc4)cc3)c3ccc(-c4cccc(-c5cccc6ccccc56)c4)cc3)c([2H])c2[2H])c([2H])c1[2H]. The van der Waals surface area contributed by atoms with Crippen LogP contribution in [0.5, 0.6) is 0 Å². The van der Waals surface area contributed by atoms with Gasteiger partial charge in [-0.25, -0.2) is 0 Å². The fraction of sp³-hybridized carbons (Fsp3) is 0. The van der Waals surface area contributed by atoms with Gasteiger partial charge in [0.1, 0.15) is 0 Å². The first kappa shape index (κ1) is 20.0. The zero-order valence-electron chi connectivity index (χ0n) is 34.3. The third-order valence-corrected chi connectivity index (χ3v) is 8.24.